The summed E-state index contributed by atoms with van der Waals surface area (Å²) in [5, 5.41) is 3.20. The summed E-state index contributed by atoms with van der Waals surface area (Å²) >= 11 is 3.32. The van der Waals surface area contributed by atoms with E-state index in [4.69, 9.17) is 4.74 Å². The minimum atomic E-state index is -3.30. The largest absolute Gasteiger partial charge is 0.381 e. The molecule has 0 bridgehead atoms. The van der Waals surface area contributed by atoms with Crippen molar-refractivity contribution in [2.24, 2.45) is 10.4 Å². The van der Waals surface area contributed by atoms with Crippen molar-refractivity contribution in [2.75, 3.05) is 45.6 Å². The third-order valence-electron chi connectivity index (χ3n) is 4.96. The molecule has 0 aliphatic carbocycles. The fourth-order valence-corrected chi connectivity index (χ4v) is 4.90. The number of halogens is 2. The molecule has 0 aromatic heterocycles. The highest BCUT2D eigenvalue weighted by Gasteiger charge is 2.42. The lowest BCUT2D eigenvalue weighted by Gasteiger charge is -2.24. The van der Waals surface area contributed by atoms with E-state index in [0.29, 0.717) is 11.4 Å². The summed E-state index contributed by atoms with van der Waals surface area (Å²) < 4.78 is 31.2. The number of rotatable bonds is 4. The zero-order valence-electron chi connectivity index (χ0n) is 14.8. The molecule has 6 nitrogen and oxygen atoms in total. The molecule has 0 radical (unpaired) electrons. The Hall–Kier alpha value is -0.390. The van der Waals surface area contributed by atoms with Crippen LogP contribution in [0.25, 0.3) is 0 Å². The van der Waals surface area contributed by atoms with Gasteiger partial charge in [0.05, 0.1) is 17.3 Å². The predicted octanol–water partition coefficient (Wildman–Crippen LogP) is 2.53. The van der Waals surface area contributed by atoms with Gasteiger partial charge in [0.2, 0.25) is 0 Å². The quantitative estimate of drug-likeness (QED) is 0.350. The van der Waals surface area contributed by atoms with Crippen LogP contribution in [0, 0.1) is 5.41 Å². The molecule has 9 heteroatoms. The molecule has 146 valence electrons. The summed E-state index contributed by atoms with van der Waals surface area (Å²) in [4.78, 5) is 6.87. The van der Waals surface area contributed by atoms with Crippen molar-refractivity contribution in [1.82, 2.24) is 10.2 Å². The standard InChI is InChI=1S/C17H24BrN3O3S.HI/c1-19-16(21-9-6-17(12-21)7-10-24-13-17)20-8-11-25(22,23)15-4-2-14(18)3-5-15;/h2-5H,6-13H2,1H3,(H,19,20);1H. The van der Waals surface area contributed by atoms with Crippen LogP contribution in [-0.2, 0) is 14.6 Å². The van der Waals surface area contributed by atoms with E-state index in [2.05, 4.69) is 31.1 Å². The molecule has 2 saturated heterocycles. The molecular weight excluding hydrogens is 533 g/mol. The van der Waals surface area contributed by atoms with E-state index in [0.717, 1.165) is 49.6 Å². The van der Waals surface area contributed by atoms with Gasteiger partial charge in [-0.1, -0.05) is 15.9 Å². The summed E-state index contributed by atoms with van der Waals surface area (Å²) in [6.07, 6.45) is 2.20. The van der Waals surface area contributed by atoms with E-state index in [9.17, 15) is 8.42 Å². The summed E-state index contributed by atoms with van der Waals surface area (Å²) in [5.41, 5.74) is 0.251. The molecule has 1 unspecified atom stereocenters. The SMILES string of the molecule is CN=C(NCCS(=O)(=O)c1ccc(Br)cc1)N1CCC2(CCOC2)C1.I. The summed E-state index contributed by atoms with van der Waals surface area (Å²) in [6.45, 7) is 3.85. The van der Waals surface area contributed by atoms with E-state index in [-0.39, 0.29) is 35.1 Å². The number of ether oxygens (including phenoxy) is 1. The fraction of sp³-hybridized carbons (Fsp3) is 0.588. The van der Waals surface area contributed by atoms with E-state index >= 15 is 0 Å². The number of nitrogens with zero attached hydrogens (tertiary/aromatic N) is 2. The maximum atomic E-state index is 12.4. The zero-order chi connectivity index (χ0) is 17.9. The van der Waals surface area contributed by atoms with Gasteiger partial charge in [-0.15, -0.1) is 24.0 Å². The van der Waals surface area contributed by atoms with Gasteiger partial charge >= 0.3 is 0 Å². The molecule has 2 fully saturated rings. The van der Waals surface area contributed by atoms with Crippen LogP contribution in [0.15, 0.2) is 38.6 Å². The molecule has 1 spiro atoms. The average Bonchev–Trinajstić information content (AvgIpc) is 3.22. The number of aliphatic imine (C=N–C) groups is 1. The number of nitrogens with one attached hydrogen (secondary N) is 1. The molecule has 0 saturated carbocycles. The predicted molar refractivity (Wildman–Crippen MR) is 117 cm³/mol. The second-order valence-electron chi connectivity index (χ2n) is 6.72. The molecule has 1 N–H and O–H groups in total. The highest BCUT2D eigenvalue weighted by molar-refractivity contribution is 14.0. The third kappa shape index (κ3) is 5.11. The van der Waals surface area contributed by atoms with Gasteiger partial charge in [0.1, 0.15) is 0 Å². The van der Waals surface area contributed by atoms with Crippen LogP contribution in [0.5, 0.6) is 0 Å². The first-order valence-corrected chi connectivity index (χ1v) is 10.9. The minimum absolute atomic E-state index is 0. The Morgan fingerprint density at radius 1 is 1.35 bits per heavy atom. The molecule has 1 aromatic carbocycles. The number of guanidine groups is 1. The van der Waals surface area contributed by atoms with Gasteiger partial charge in [-0.2, -0.15) is 0 Å². The molecule has 2 aliphatic heterocycles. The first kappa shape index (κ1) is 21.9. The Balaban J connectivity index is 0.00000243. The Labute approximate surface area is 180 Å². The Morgan fingerprint density at radius 2 is 2.08 bits per heavy atom. The maximum absolute atomic E-state index is 12.4. The van der Waals surface area contributed by atoms with Gasteiger partial charge in [0.25, 0.3) is 0 Å². The van der Waals surface area contributed by atoms with Crippen molar-refractivity contribution in [3.63, 3.8) is 0 Å². The normalized spacial score (nSPS) is 23.3. The molecular formula is C17H25BrIN3O3S. The second kappa shape index (κ2) is 9.20. The van der Waals surface area contributed by atoms with Crippen molar-refractivity contribution in [2.45, 2.75) is 17.7 Å². The first-order chi connectivity index (χ1) is 11.9. The van der Waals surface area contributed by atoms with Crippen LogP contribution in [0.1, 0.15) is 12.8 Å². The van der Waals surface area contributed by atoms with Crippen molar-refractivity contribution in [3.8, 4) is 0 Å². The lowest BCUT2D eigenvalue weighted by atomic mass is 9.87. The number of benzene rings is 1. The fourth-order valence-electron chi connectivity index (χ4n) is 3.48. The van der Waals surface area contributed by atoms with Crippen LogP contribution in [0.3, 0.4) is 0 Å². The van der Waals surface area contributed by atoms with E-state index in [1.165, 1.54) is 0 Å². The average molecular weight is 558 g/mol. The number of likely N-dealkylation sites (tertiary alicyclic amines) is 1. The number of hydrogen-bond donors (Lipinski definition) is 1. The lowest BCUT2D eigenvalue weighted by molar-refractivity contribution is 0.156. The Morgan fingerprint density at radius 3 is 2.69 bits per heavy atom. The molecule has 1 aromatic rings. The van der Waals surface area contributed by atoms with Crippen molar-refractivity contribution in [3.05, 3.63) is 28.7 Å². The lowest BCUT2D eigenvalue weighted by Crippen LogP contribution is -2.43. The Kier molecular flexibility index (Phi) is 7.75. The van der Waals surface area contributed by atoms with Gasteiger partial charge in [-0.05, 0) is 37.1 Å². The summed E-state index contributed by atoms with van der Waals surface area (Å²) in [5.74, 6) is 0.810. The third-order valence-corrected chi connectivity index (χ3v) is 7.22. The topological polar surface area (TPSA) is 71.0 Å². The molecule has 2 heterocycles. The van der Waals surface area contributed by atoms with Crippen LogP contribution in [-0.4, -0.2) is 64.9 Å². The Bertz CT molecular complexity index is 734. The van der Waals surface area contributed by atoms with Crippen molar-refractivity contribution in [1.29, 1.82) is 0 Å². The maximum Gasteiger partial charge on any atom is 0.193 e. The zero-order valence-corrected chi connectivity index (χ0v) is 19.5. The van der Waals surface area contributed by atoms with Gasteiger partial charge in [0, 0.05) is 43.2 Å². The van der Waals surface area contributed by atoms with Crippen LogP contribution in [0.4, 0.5) is 0 Å². The number of hydrogen-bond acceptors (Lipinski definition) is 4. The van der Waals surface area contributed by atoms with Crippen molar-refractivity contribution >= 4 is 55.7 Å². The first-order valence-electron chi connectivity index (χ1n) is 8.46. The van der Waals surface area contributed by atoms with Crippen LogP contribution in [0.2, 0.25) is 0 Å². The monoisotopic (exact) mass is 557 g/mol. The van der Waals surface area contributed by atoms with Crippen molar-refractivity contribution < 1.29 is 13.2 Å². The van der Waals surface area contributed by atoms with E-state index < -0.39 is 9.84 Å². The van der Waals surface area contributed by atoms with Gasteiger partial charge < -0.3 is 15.0 Å². The highest BCUT2D eigenvalue weighted by Crippen LogP contribution is 2.38. The second-order valence-corrected chi connectivity index (χ2v) is 9.75. The smallest absolute Gasteiger partial charge is 0.193 e. The van der Waals surface area contributed by atoms with Crippen LogP contribution < -0.4 is 5.32 Å². The summed E-state index contributed by atoms with van der Waals surface area (Å²) in [7, 11) is -1.57. The highest BCUT2D eigenvalue weighted by atomic mass is 127. The molecule has 26 heavy (non-hydrogen) atoms. The molecule has 2 aliphatic rings. The van der Waals surface area contributed by atoms with E-state index in [1.54, 1.807) is 31.3 Å². The molecule has 1 atom stereocenters. The molecule has 3 rings (SSSR count). The minimum Gasteiger partial charge on any atom is -0.381 e. The van der Waals surface area contributed by atoms with Crippen LogP contribution >= 0.6 is 39.9 Å². The van der Waals surface area contributed by atoms with Gasteiger partial charge in [-0.3, -0.25) is 4.99 Å². The summed E-state index contributed by atoms with van der Waals surface area (Å²) in [6, 6.07) is 6.73. The van der Waals surface area contributed by atoms with Gasteiger partial charge in [-0.25, -0.2) is 8.42 Å². The van der Waals surface area contributed by atoms with Gasteiger partial charge in [0.15, 0.2) is 15.8 Å². The number of sulfone groups is 1. The molecule has 0 amide bonds. The van der Waals surface area contributed by atoms with E-state index in [1.807, 2.05) is 0 Å².